The van der Waals surface area contributed by atoms with E-state index in [9.17, 15) is 8.42 Å². The number of anilines is 1. The second-order valence-corrected chi connectivity index (χ2v) is 7.44. The van der Waals surface area contributed by atoms with Crippen molar-refractivity contribution >= 4 is 27.0 Å². The van der Waals surface area contributed by atoms with E-state index in [4.69, 9.17) is 0 Å². The first-order chi connectivity index (χ1) is 9.51. The molecule has 0 radical (unpaired) electrons. The van der Waals surface area contributed by atoms with E-state index in [2.05, 4.69) is 15.0 Å². The summed E-state index contributed by atoms with van der Waals surface area (Å²) >= 11 is 1.30. The van der Waals surface area contributed by atoms with Gasteiger partial charge in [0.05, 0.1) is 5.69 Å². The van der Waals surface area contributed by atoms with Crippen molar-refractivity contribution in [1.82, 2.24) is 10.3 Å². The Morgan fingerprint density at radius 2 is 2.10 bits per heavy atom. The van der Waals surface area contributed by atoms with E-state index in [-0.39, 0.29) is 0 Å². The molecule has 0 bridgehead atoms. The van der Waals surface area contributed by atoms with Crippen LogP contribution < -0.4 is 10.0 Å². The normalized spacial score (nSPS) is 11.5. The van der Waals surface area contributed by atoms with Gasteiger partial charge in [-0.1, -0.05) is 0 Å². The maximum absolute atomic E-state index is 12.3. The molecule has 0 aliphatic heterocycles. The summed E-state index contributed by atoms with van der Waals surface area (Å²) in [4.78, 5) is 5.09. The fourth-order valence-electron chi connectivity index (χ4n) is 1.70. The smallest absolute Gasteiger partial charge is 0.271 e. The molecular weight excluding hydrogens is 294 g/mol. The van der Waals surface area contributed by atoms with Gasteiger partial charge in [0.1, 0.15) is 4.21 Å². The zero-order valence-corrected chi connectivity index (χ0v) is 13.0. The Morgan fingerprint density at radius 3 is 2.80 bits per heavy atom. The Hall–Kier alpha value is -1.44. The van der Waals surface area contributed by atoms with Crippen LogP contribution in [0.4, 0.5) is 5.69 Å². The molecule has 0 aliphatic carbocycles. The molecule has 0 atom stereocenters. The third-order valence-electron chi connectivity index (χ3n) is 2.67. The van der Waals surface area contributed by atoms with Gasteiger partial charge in [0, 0.05) is 16.8 Å². The number of hydrogen-bond acceptors (Lipinski definition) is 5. The number of rotatable bonds is 6. The van der Waals surface area contributed by atoms with Gasteiger partial charge in [-0.15, -0.1) is 11.3 Å². The highest BCUT2D eigenvalue weighted by atomic mass is 32.2. The van der Waals surface area contributed by atoms with Gasteiger partial charge >= 0.3 is 0 Å². The van der Waals surface area contributed by atoms with Gasteiger partial charge in [-0.25, -0.2) is 8.42 Å². The molecule has 0 aliphatic rings. The second-order valence-electron chi connectivity index (χ2n) is 4.37. The van der Waals surface area contributed by atoms with Gasteiger partial charge in [-0.2, -0.15) is 0 Å². The Morgan fingerprint density at radius 1 is 1.30 bits per heavy atom. The van der Waals surface area contributed by atoms with Gasteiger partial charge in [-0.3, -0.25) is 9.71 Å². The van der Waals surface area contributed by atoms with Gasteiger partial charge in [0.15, 0.2) is 0 Å². The first kappa shape index (κ1) is 15.0. The maximum atomic E-state index is 12.3. The highest BCUT2D eigenvalue weighted by Gasteiger charge is 2.17. The van der Waals surface area contributed by atoms with E-state index >= 15 is 0 Å². The molecule has 0 amide bonds. The quantitative estimate of drug-likeness (QED) is 0.856. The summed E-state index contributed by atoms with van der Waals surface area (Å²) in [5.74, 6) is 0. The lowest BCUT2D eigenvalue weighted by Crippen LogP contribution is -2.11. The van der Waals surface area contributed by atoms with Crippen molar-refractivity contribution in [2.24, 2.45) is 0 Å². The third-order valence-corrected chi connectivity index (χ3v) is 5.69. The molecule has 0 fully saturated rings. The number of thiophene rings is 1. The van der Waals surface area contributed by atoms with Crippen molar-refractivity contribution in [2.75, 3.05) is 18.3 Å². The molecule has 0 unspecified atom stereocenters. The monoisotopic (exact) mass is 311 g/mol. The van der Waals surface area contributed by atoms with Crippen molar-refractivity contribution in [3.05, 3.63) is 41.0 Å². The van der Waals surface area contributed by atoms with Gasteiger partial charge in [-0.05, 0) is 51.2 Å². The average molecular weight is 311 g/mol. The van der Waals surface area contributed by atoms with Crippen molar-refractivity contribution in [1.29, 1.82) is 0 Å². The molecule has 7 heteroatoms. The van der Waals surface area contributed by atoms with Crippen LogP contribution in [0.1, 0.15) is 10.6 Å². The Bertz CT molecular complexity index is 680. The molecule has 2 aromatic rings. The predicted molar refractivity (Wildman–Crippen MR) is 81.7 cm³/mol. The average Bonchev–Trinajstić information content (AvgIpc) is 2.85. The fourth-order valence-corrected chi connectivity index (χ4v) is 4.10. The standard InChI is InChI=1S/C13H17N3O2S2/c1-10-9-11(5-8-15-10)16-20(17,18)13-4-3-12(19-13)6-7-14-2/h3-5,8-9,14H,6-7H2,1-2H3,(H,15,16). The van der Waals surface area contributed by atoms with Crippen LogP contribution in [0.3, 0.4) is 0 Å². The van der Waals surface area contributed by atoms with E-state index in [1.165, 1.54) is 11.3 Å². The predicted octanol–water partition coefficient (Wildman–Crippen LogP) is 2.01. The molecule has 2 N–H and O–H groups in total. The molecule has 0 aromatic carbocycles. The number of aryl methyl sites for hydroxylation is 1. The minimum Gasteiger partial charge on any atom is -0.319 e. The van der Waals surface area contributed by atoms with E-state index < -0.39 is 10.0 Å². The second kappa shape index (κ2) is 6.34. The van der Waals surface area contributed by atoms with E-state index in [1.54, 1.807) is 24.4 Å². The first-order valence-electron chi connectivity index (χ1n) is 6.20. The minimum absolute atomic E-state index is 0.332. The van der Waals surface area contributed by atoms with Crippen molar-refractivity contribution < 1.29 is 8.42 Å². The summed E-state index contributed by atoms with van der Waals surface area (Å²) in [6.45, 7) is 2.65. The number of nitrogens with one attached hydrogen (secondary N) is 2. The number of aromatic nitrogens is 1. The van der Waals surface area contributed by atoms with Crippen molar-refractivity contribution in [3.8, 4) is 0 Å². The summed E-state index contributed by atoms with van der Waals surface area (Å²) in [5, 5.41) is 3.04. The lowest BCUT2D eigenvalue weighted by Gasteiger charge is -2.06. The molecule has 0 saturated heterocycles. The van der Waals surface area contributed by atoms with E-state index in [0.717, 1.165) is 23.5 Å². The zero-order chi connectivity index (χ0) is 14.6. The fraction of sp³-hybridized carbons (Fsp3) is 0.308. The topological polar surface area (TPSA) is 71.1 Å². The largest absolute Gasteiger partial charge is 0.319 e. The number of likely N-dealkylation sites (N-methyl/N-ethyl adjacent to an activating group) is 1. The summed E-state index contributed by atoms with van der Waals surface area (Å²) in [5.41, 5.74) is 1.30. The highest BCUT2D eigenvalue weighted by molar-refractivity contribution is 7.94. The van der Waals surface area contributed by atoms with Gasteiger partial charge in [0.2, 0.25) is 0 Å². The van der Waals surface area contributed by atoms with Crippen LogP contribution in [0.15, 0.2) is 34.7 Å². The van der Waals surface area contributed by atoms with E-state index in [1.807, 2.05) is 20.0 Å². The number of nitrogens with zero attached hydrogens (tertiary/aromatic N) is 1. The van der Waals surface area contributed by atoms with Crippen molar-refractivity contribution in [2.45, 2.75) is 17.6 Å². The van der Waals surface area contributed by atoms with Gasteiger partial charge in [0.25, 0.3) is 10.0 Å². The first-order valence-corrected chi connectivity index (χ1v) is 8.50. The molecule has 0 saturated carbocycles. The Labute approximate surface area is 123 Å². The Balaban J connectivity index is 2.16. The van der Waals surface area contributed by atoms with Crippen LogP contribution in [-0.2, 0) is 16.4 Å². The van der Waals surface area contributed by atoms with Gasteiger partial charge < -0.3 is 5.32 Å². The summed E-state index contributed by atoms with van der Waals surface area (Å²) in [6, 6.07) is 6.84. The number of sulfonamides is 1. The van der Waals surface area contributed by atoms with Crippen LogP contribution in [-0.4, -0.2) is 27.0 Å². The molecule has 108 valence electrons. The van der Waals surface area contributed by atoms with Crippen LogP contribution in [0.5, 0.6) is 0 Å². The van der Waals surface area contributed by atoms with Crippen LogP contribution in [0.25, 0.3) is 0 Å². The van der Waals surface area contributed by atoms with Crippen LogP contribution >= 0.6 is 11.3 Å². The third kappa shape index (κ3) is 3.78. The molecule has 5 nitrogen and oxygen atoms in total. The maximum Gasteiger partial charge on any atom is 0.271 e. The summed E-state index contributed by atoms with van der Waals surface area (Å²) in [6.07, 6.45) is 2.41. The number of pyridine rings is 1. The molecule has 20 heavy (non-hydrogen) atoms. The lowest BCUT2D eigenvalue weighted by molar-refractivity contribution is 0.603. The molecule has 2 heterocycles. The van der Waals surface area contributed by atoms with Crippen LogP contribution in [0.2, 0.25) is 0 Å². The summed E-state index contributed by atoms with van der Waals surface area (Å²) in [7, 11) is -1.64. The van der Waals surface area contributed by atoms with E-state index in [0.29, 0.717) is 9.90 Å². The summed E-state index contributed by atoms with van der Waals surface area (Å²) < 4.78 is 27.4. The highest BCUT2D eigenvalue weighted by Crippen LogP contribution is 2.24. The molecular formula is C13H17N3O2S2. The minimum atomic E-state index is -3.51. The molecule has 0 spiro atoms. The number of hydrogen-bond donors (Lipinski definition) is 2. The molecule has 2 rings (SSSR count). The van der Waals surface area contributed by atoms with Crippen molar-refractivity contribution in [3.63, 3.8) is 0 Å². The SMILES string of the molecule is CNCCc1ccc(S(=O)(=O)Nc2ccnc(C)c2)s1. The Kier molecular flexibility index (Phi) is 4.74. The lowest BCUT2D eigenvalue weighted by atomic mass is 10.3. The molecule has 2 aromatic heterocycles. The van der Waals surface area contributed by atoms with Crippen LogP contribution in [0, 0.1) is 6.92 Å². The zero-order valence-electron chi connectivity index (χ0n) is 11.4.